The highest BCUT2D eigenvalue weighted by atomic mass is 35.5. The van der Waals surface area contributed by atoms with Crippen LogP contribution in [0.3, 0.4) is 0 Å². The molecule has 0 aromatic heterocycles. The lowest BCUT2D eigenvalue weighted by Gasteiger charge is -2.28. The van der Waals surface area contributed by atoms with Crippen molar-refractivity contribution in [3.63, 3.8) is 0 Å². The van der Waals surface area contributed by atoms with E-state index in [1.54, 1.807) is 4.90 Å². The van der Waals surface area contributed by atoms with Gasteiger partial charge in [0.1, 0.15) is 0 Å². The normalized spacial score (nSPS) is 17.0. The molecule has 0 saturated carbocycles. The number of amides is 1. The number of carbonyl (C=O) groups is 2. The molecular formula is C23H25ClN2O5S. The van der Waals surface area contributed by atoms with Gasteiger partial charge in [0, 0.05) is 26.2 Å². The van der Waals surface area contributed by atoms with Gasteiger partial charge in [-0.05, 0) is 55.0 Å². The Hall–Kier alpha value is -2.42. The number of piperidine rings is 1. The summed E-state index contributed by atoms with van der Waals surface area (Å²) < 4.78 is 33.0. The fraction of sp³-hybridized carbons (Fsp3) is 0.391. The van der Waals surface area contributed by atoms with Crippen LogP contribution in [-0.2, 0) is 32.5 Å². The zero-order valence-electron chi connectivity index (χ0n) is 17.6. The van der Waals surface area contributed by atoms with Gasteiger partial charge in [0.15, 0.2) is 6.61 Å². The van der Waals surface area contributed by atoms with Crippen molar-refractivity contribution >= 4 is 33.5 Å². The number of likely N-dealkylation sites (tertiary alicyclic amines) is 1. The molecule has 0 spiro atoms. The Morgan fingerprint density at radius 2 is 1.69 bits per heavy atom. The molecule has 1 fully saturated rings. The number of benzene rings is 2. The van der Waals surface area contributed by atoms with Gasteiger partial charge in [-0.2, -0.15) is 4.31 Å². The molecule has 0 radical (unpaired) electrons. The van der Waals surface area contributed by atoms with E-state index >= 15 is 0 Å². The minimum atomic E-state index is -3.83. The number of hydrogen-bond acceptors (Lipinski definition) is 5. The van der Waals surface area contributed by atoms with Crippen molar-refractivity contribution in [3.8, 4) is 0 Å². The van der Waals surface area contributed by atoms with Gasteiger partial charge in [0.05, 0.1) is 15.5 Å². The molecule has 7 nitrogen and oxygen atoms in total. The summed E-state index contributed by atoms with van der Waals surface area (Å²) in [4.78, 5) is 26.5. The van der Waals surface area contributed by atoms with E-state index in [9.17, 15) is 18.0 Å². The fourth-order valence-corrected chi connectivity index (χ4v) is 5.73. The Morgan fingerprint density at radius 1 is 0.969 bits per heavy atom. The molecule has 32 heavy (non-hydrogen) atoms. The summed E-state index contributed by atoms with van der Waals surface area (Å²) in [5, 5.41) is 0.0726. The van der Waals surface area contributed by atoms with Crippen molar-refractivity contribution in [2.75, 3.05) is 26.2 Å². The third kappa shape index (κ3) is 4.82. The highest BCUT2D eigenvalue weighted by Crippen LogP contribution is 2.27. The first-order valence-corrected chi connectivity index (χ1v) is 12.5. The predicted molar refractivity (Wildman–Crippen MR) is 120 cm³/mol. The van der Waals surface area contributed by atoms with Gasteiger partial charge >= 0.3 is 5.97 Å². The number of esters is 1. The Morgan fingerprint density at radius 3 is 2.44 bits per heavy atom. The zero-order chi connectivity index (χ0) is 22.7. The largest absolute Gasteiger partial charge is 0.452 e. The number of rotatable bonds is 5. The second-order valence-electron chi connectivity index (χ2n) is 8.02. The van der Waals surface area contributed by atoms with Crippen molar-refractivity contribution in [2.24, 2.45) is 0 Å². The number of fused-ring (bicyclic) bond motifs is 1. The Labute approximate surface area is 193 Å². The van der Waals surface area contributed by atoms with E-state index in [0.29, 0.717) is 26.1 Å². The number of nitrogens with zero attached hydrogens (tertiary/aromatic N) is 2. The van der Waals surface area contributed by atoms with Crippen LogP contribution in [0.25, 0.3) is 0 Å². The van der Waals surface area contributed by atoms with Crippen LogP contribution >= 0.6 is 11.6 Å². The number of carbonyl (C=O) groups excluding carboxylic acids is 2. The summed E-state index contributed by atoms with van der Waals surface area (Å²) in [7, 11) is -3.83. The van der Waals surface area contributed by atoms with Gasteiger partial charge in [0.25, 0.3) is 5.91 Å². The highest BCUT2D eigenvalue weighted by Gasteiger charge is 2.29. The van der Waals surface area contributed by atoms with Crippen molar-refractivity contribution < 1.29 is 22.7 Å². The Bertz CT molecular complexity index is 1130. The lowest BCUT2D eigenvalue weighted by molar-refractivity contribution is -0.135. The second kappa shape index (κ2) is 9.60. The lowest BCUT2D eigenvalue weighted by Crippen LogP contribution is -2.38. The molecule has 9 heteroatoms. The van der Waals surface area contributed by atoms with Gasteiger partial charge in [-0.3, -0.25) is 4.79 Å². The average Bonchev–Trinajstić information content (AvgIpc) is 2.82. The van der Waals surface area contributed by atoms with Crippen LogP contribution in [0.4, 0.5) is 0 Å². The van der Waals surface area contributed by atoms with Crippen LogP contribution in [0.15, 0.2) is 47.4 Å². The molecule has 0 bridgehead atoms. The predicted octanol–water partition coefficient (Wildman–Crippen LogP) is 3.26. The monoisotopic (exact) mass is 476 g/mol. The van der Waals surface area contributed by atoms with Crippen molar-refractivity contribution in [1.29, 1.82) is 0 Å². The Balaban J connectivity index is 1.48. The van der Waals surface area contributed by atoms with E-state index in [1.807, 2.05) is 24.3 Å². The first-order valence-electron chi connectivity index (χ1n) is 10.7. The zero-order valence-corrected chi connectivity index (χ0v) is 19.2. The summed E-state index contributed by atoms with van der Waals surface area (Å²) >= 11 is 6.15. The SMILES string of the molecule is O=C(OCC(=O)N1CCCCC1)c1cc(S(=O)(=O)N2CCc3ccccc3C2)ccc1Cl. The summed E-state index contributed by atoms with van der Waals surface area (Å²) in [6.07, 6.45) is 3.58. The third-order valence-electron chi connectivity index (χ3n) is 5.93. The number of halogens is 1. The maximum absolute atomic E-state index is 13.2. The molecule has 0 unspecified atom stereocenters. The summed E-state index contributed by atoms with van der Waals surface area (Å²) in [6.45, 7) is 1.54. The molecule has 1 amide bonds. The summed E-state index contributed by atoms with van der Waals surface area (Å²) in [6, 6.07) is 11.7. The van der Waals surface area contributed by atoms with Crippen LogP contribution < -0.4 is 0 Å². The van der Waals surface area contributed by atoms with Gasteiger partial charge in [-0.25, -0.2) is 13.2 Å². The van der Waals surface area contributed by atoms with Crippen molar-refractivity contribution in [1.82, 2.24) is 9.21 Å². The maximum atomic E-state index is 13.2. The minimum Gasteiger partial charge on any atom is -0.452 e. The van der Waals surface area contributed by atoms with Crippen LogP contribution in [0.5, 0.6) is 0 Å². The van der Waals surface area contributed by atoms with Crippen molar-refractivity contribution in [3.05, 3.63) is 64.2 Å². The minimum absolute atomic E-state index is 0.0319. The molecular weight excluding hydrogens is 452 g/mol. The first kappa shape index (κ1) is 22.8. The fourth-order valence-electron chi connectivity index (χ4n) is 4.08. The van der Waals surface area contributed by atoms with Gasteiger partial charge in [-0.15, -0.1) is 0 Å². The maximum Gasteiger partial charge on any atom is 0.340 e. The number of ether oxygens (including phenoxy) is 1. The van der Waals surface area contributed by atoms with E-state index in [1.165, 1.54) is 22.5 Å². The van der Waals surface area contributed by atoms with E-state index < -0.39 is 22.6 Å². The van der Waals surface area contributed by atoms with Crippen LogP contribution in [0, 0.1) is 0 Å². The standard InChI is InChI=1S/C23H25ClN2O5S/c24-21-9-8-19(32(29,30)26-13-10-17-6-2-3-7-18(17)15-26)14-20(21)23(28)31-16-22(27)25-11-4-1-5-12-25/h2-3,6-9,14H,1,4-5,10-13,15-16H2. The summed E-state index contributed by atoms with van der Waals surface area (Å²) in [5.74, 6) is -1.08. The summed E-state index contributed by atoms with van der Waals surface area (Å²) in [5.41, 5.74) is 2.03. The van der Waals surface area contributed by atoms with Gasteiger partial charge < -0.3 is 9.64 Å². The molecule has 0 N–H and O–H groups in total. The molecule has 2 aliphatic rings. The Kier molecular flexibility index (Phi) is 6.83. The van der Waals surface area contributed by atoms with Gasteiger partial charge in [-0.1, -0.05) is 35.9 Å². The number of sulfonamides is 1. The molecule has 2 aromatic rings. The van der Waals surface area contributed by atoms with Crippen molar-refractivity contribution in [2.45, 2.75) is 37.1 Å². The molecule has 4 rings (SSSR count). The molecule has 2 aliphatic heterocycles. The topological polar surface area (TPSA) is 84.0 Å². The molecule has 2 aromatic carbocycles. The third-order valence-corrected chi connectivity index (χ3v) is 8.10. The van der Waals surface area contributed by atoms with E-state index in [-0.39, 0.29) is 27.9 Å². The van der Waals surface area contributed by atoms with Crippen LogP contribution in [0.1, 0.15) is 40.7 Å². The molecule has 2 heterocycles. The average molecular weight is 477 g/mol. The quantitative estimate of drug-likeness (QED) is 0.618. The molecule has 0 aliphatic carbocycles. The lowest BCUT2D eigenvalue weighted by atomic mass is 10.0. The smallest absolute Gasteiger partial charge is 0.340 e. The first-order chi connectivity index (χ1) is 15.4. The van der Waals surface area contributed by atoms with E-state index in [0.717, 1.165) is 30.4 Å². The van der Waals surface area contributed by atoms with Crippen LogP contribution in [0.2, 0.25) is 5.02 Å². The van der Waals surface area contributed by atoms with E-state index in [2.05, 4.69) is 0 Å². The highest BCUT2D eigenvalue weighted by molar-refractivity contribution is 7.89. The van der Waals surface area contributed by atoms with Gasteiger partial charge in [0.2, 0.25) is 10.0 Å². The van der Waals surface area contributed by atoms with E-state index in [4.69, 9.17) is 16.3 Å². The second-order valence-corrected chi connectivity index (χ2v) is 10.4. The molecule has 1 saturated heterocycles. The number of hydrogen-bond donors (Lipinski definition) is 0. The molecule has 170 valence electrons. The van der Waals surface area contributed by atoms with Crippen LogP contribution in [-0.4, -0.2) is 55.7 Å². The molecule has 0 atom stereocenters.